The number of ether oxygens (including phenoxy) is 1. The van der Waals surface area contributed by atoms with E-state index in [-0.39, 0.29) is 35.9 Å². The second kappa shape index (κ2) is 16.3. The summed E-state index contributed by atoms with van der Waals surface area (Å²) in [5, 5.41) is 26.1. The average Bonchev–Trinajstić information content (AvgIpc) is 3.54. The number of phosphoric acid groups is 3. The minimum atomic E-state index is -5.54. The Morgan fingerprint density at radius 3 is 2.42 bits per heavy atom. The molecule has 0 bridgehead atoms. The molecule has 10 N–H and O–H groups in total. The first kappa shape index (κ1) is 40.3. The maximum atomic E-state index is 12.6. The van der Waals surface area contributed by atoms with E-state index >= 15 is 0 Å². The Balaban J connectivity index is 1.61. The molecule has 23 nitrogen and oxygen atoms in total. The fourth-order valence-electron chi connectivity index (χ4n) is 4.14. The highest BCUT2D eigenvalue weighted by molar-refractivity contribution is 7.80. The number of nitrogens with one attached hydrogen (secondary N) is 2. The van der Waals surface area contributed by atoms with Crippen LogP contribution < -0.4 is 16.4 Å². The van der Waals surface area contributed by atoms with Crippen LogP contribution in [0.4, 0.5) is 5.82 Å². The fraction of sp³-hybridized carbons (Fsp3) is 0.667. The largest absolute Gasteiger partial charge is 0.481 e. The van der Waals surface area contributed by atoms with Crippen LogP contribution in [-0.2, 0) is 45.9 Å². The van der Waals surface area contributed by atoms with E-state index in [0.29, 0.717) is 12.3 Å². The summed E-state index contributed by atoms with van der Waals surface area (Å²) in [6.07, 6.45) is -6.74. The Labute approximate surface area is 277 Å². The van der Waals surface area contributed by atoms with Crippen molar-refractivity contribution in [2.24, 2.45) is 5.41 Å². The molecule has 3 unspecified atom stereocenters. The van der Waals surface area contributed by atoms with Crippen molar-refractivity contribution < 1.29 is 75.7 Å². The molecule has 27 heteroatoms. The van der Waals surface area contributed by atoms with Gasteiger partial charge in [0.15, 0.2) is 17.7 Å². The third-order valence-electron chi connectivity index (χ3n) is 6.51. The summed E-state index contributed by atoms with van der Waals surface area (Å²) in [7, 11) is -16.3. The molecule has 48 heavy (non-hydrogen) atoms. The molecule has 272 valence electrons. The Morgan fingerprint density at radius 2 is 1.77 bits per heavy atom. The molecule has 0 saturated carbocycles. The topological polar surface area (TPSA) is 347 Å². The number of aliphatic hydroxyl groups is 2. The van der Waals surface area contributed by atoms with Crippen molar-refractivity contribution in [2.45, 2.75) is 50.9 Å². The van der Waals surface area contributed by atoms with Gasteiger partial charge >= 0.3 is 23.5 Å². The molecule has 1 aliphatic heterocycles. The standard InChI is InChI=1S/C21H36N7O16P3S/c1-21(2,16(31)19(32)24-4-3-12(29)23-5-6-48)8-41-47(38,39)44-46(36,37)40-7-11-15(43-45(33,34)35)14(30)20(42-11)28-10-27-13-17(22)25-9-26-18(13)28/h9-11,14-16,20,30-31,48H,3-8H2,1-2H3,(H,23,29)(H,24,32)(H,36,37)(H,38,39)(H2,22,25,26)(H2,33,34,35)/t11-,14-,15-,16?,20+/m1/s1. The quantitative estimate of drug-likeness (QED) is 0.0599. The highest BCUT2D eigenvalue weighted by atomic mass is 32.1. The number of hydrogen-bond acceptors (Lipinski definition) is 17. The molecule has 1 fully saturated rings. The fourth-order valence-corrected chi connectivity index (χ4v) is 7.08. The molecule has 1 aliphatic rings. The molecule has 1 saturated heterocycles. The second-order valence-electron chi connectivity index (χ2n) is 10.8. The number of nitrogens with two attached hydrogens (primary N) is 1. The molecular formula is C21H36N7O16P3S. The van der Waals surface area contributed by atoms with Crippen LogP contribution in [0.3, 0.4) is 0 Å². The second-order valence-corrected chi connectivity index (χ2v) is 15.5. The summed E-state index contributed by atoms with van der Waals surface area (Å²) in [6.45, 7) is 0.723. The first-order valence-electron chi connectivity index (χ1n) is 13.7. The van der Waals surface area contributed by atoms with E-state index in [4.69, 9.17) is 19.5 Å². The predicted octanol–water partition coefficient (Wildman–Crippen LogP) is -1.67. The molecule has 0 radical (unpaired) electrons. The van der Waals surface area contributed by atoms with Gasteiger partial charge in [-0.25, -0.2) is 28.6 Å². The Kier molecular flexibility index (Phi) is 13.7. The third-order valence-corrected chi connectivity index (χ3v) is 9.83. The van der Waals surface area contributed by atoms with Gasteiger partial charge in [-0.15, -0.1) is 0 Å². The Bertz CT molecular complexity index is 1590. The van der Waals surface area contributed by atoms with E-state index < -0.39 is 78.6 Å². The van der Waals surface area contributed by atoms with Gasteiger partial charge in [0.25, 0.3) is 0 Å². The number of nitrogens with zero attached hydrogens (tertiary/aromatic N) is 4. The lowest BCUT2D eigenvalue weighted by atomic mass is 9.87. The minimum Gasteiger partial charge on any atom is -0.386 e. The van der Waals surface area contributed by atoms with Crippen LogP contribution in [0.2, 0.25) is 0 Å². The molecule has 0 aliphatic carbocycles. The van der Waals surface area contributed by atoms with Crippen molar-refractivity contribution in [3.63, 3.8) is 0 Å². The van der Waals surface area contributed by atoms with Gasteiger partial charge in [0.05, 0.1) is 19.5 Å². The average molecular weight is 768 g/mol. The van der Waals surface area contributed by atoms with Crippen LogP contribution in [0.15, 0.2) is 12.7 Å². The molecule has 2 aromatic rings. The maximum absolute atomic E-state index is 12.6. The number of aromatic nitrogens is 4. The molecule has 2 amide bonds. The number of phosphoric ester groups is 3. The SMILES string of the molecule is CC(C)(COP(=O)(O)OP(=O)(O)OC[C@H]1O[C@H](n2cnc3c(N)ncnc32)[C@H](O)[C@@H]1OP(=O)(O)O)C(O)C(=O)NCCC(=O)NCCS. The van der Waals surface area contributed by atoms with Gasteiger partial charge in [-0.2, -0.15) is 16.9 Å². The van der Waals surface area contributed by atoms with E-state index in [0.717, 1.165) is 17.2 Å². The van der Waals surface area contributed by atoms with Gasteiger partial charge in [0.1, 0.15) is 36.3 Å². The van der Waals surface area contributed by atoms with Gasteiger partial charge in [0, 0.05) is 30.7 Å². The van der Waals surface area contributed by atoms with Crippen LogP contribution in [0.5, 0.6) is 0 Å². The lowest BCUT2D eigenvalue weighted by molar-refractivity contribution is -0.137. The van der Waals surface area contributed by atoms with Crippen molar-refractivity contribution >= 4 is 64.9 Å². The van der Waals surface area contributed by atoms with Crippen molar-refractivity contribution in [3.8, 4) is 0 Å². The smallest absolute Gasteiger partial charge is 0.386 e. The predicted molar refractivity (Wildman–Crippen MR) is 163 cm³/mol. The van der Waals surface area contributed by atoms with E-state index in [9.17, 15) is 53.1 Å². The molecule has 3 rings (SSSR count). The lowest BCUT2D eigenvalue weighted by Gasteiger charge is -2.30. The Hall–Kier alpha value is -2.11. The number of aliphatic hydroxyl groups excluding tert-OH is 2. The summed E-state index contributed by atoms with van der Waals surface area (Å²) >= 11 is 3.95. The van der Waals surface area contributed by atoms with Crippen LogP contribution in [0.1, 0.15) is 26.5 Å². The third kappa shape index (κ3) is 11.2. The summed E-state index contributed by atoms with van der Waals surface area (Å²) in [5.41, 5.74) is 4.30. The van der Waals surface area contributed by atoms with Crippen molar-refractivity contribution in [1.29, 1.82) is 0 Å². The number of anilines is 1. The first-order chi connectivity index (χ1) is 22.2. The van der Waals surface area contributed by atoms with Crippen molar-refractivity contribution in [2.75, 3.05) is 37.8 Å². The van der Waals surface area contributed by atoms with Gasteiger partial charge in [-0.1, -0.05) is 13.8 Å². The monoisotopic (exact) mass is 767 g/mol. The van der Waals surface area contributed by atoms with Gasteiger partial charge in [-0.3, -0.25) is 27.7 Å². The number of nitrogen functional groups attached to an aromatic ring is 1. The van der Waals surface area contributed by atoms with Crippen LogP contribution in [0.25, 0.3) is 11.2 Å². The molecule has 0 spiro atoms. The summed E-state index contributed by atoms with van der Waals surface area (Å²) < 4.78 is 61.7. The molecule has 0 aromatic carbocycles. The van der Waals surface area contributed by atoms with Crippen LogP contribution >= 0.6 is 36.1 Å². The van der Waals surface area contributed by atoms with E-state index in [2.05, 4.69) is 47.0 Å². The number of imidazole rings is 1. The Morgan fingerprint density at radius 1 is 1.10 bits per heavy atom. The van der Waals surface area contributed by atoms with E-state index in [1.807, 2.05) is 0 Å². The zero-order valence-electron chi connectivity index (χ0n) is 25.2. The van der Waals surface area contributed by atoms with Gasteiger partial charge < -0.3 is 50.9 Å². The first-order valence-corrected chi connectivity index (χ1v) is 18.8. The summed E-state index contributed by atoms with van der Waals surface area (Å²) in [6, 6.07) is 0. The van der Waals surface area contributed by atoms with E-state index in [1.165, 1.54) is 13.8 Å². The number of amides is 2. The number of fused-ring (bicyclic) bond motifs is 1. The van der Waals surface area contributed by atoms with Gasteiger partial charge in [-0.05, 0) is 0 Å². The summed E-state index contributed by atoms with van der Waals surface area (Å²) in [5.74, 6) is -0.943. The van der Waals surface area contributed by atoms with Crippen molar-refractivity contribution in [1.82, 2.24) is 30.2 Å². The molecular weight excluding hydrogens is 731 g/mol. The number of rotatable bonds is 18. The minimum absolute atomic E-state index is 0.0363. The van der Waals surface area contributed by atoms with Crippen LogP contribution in [-0.4, -0.2) is 118 Å². The van der Waals surface area contributed by atoms with Crippen LogP contribution in [0, 0.1) is 5.41 Å². The number of carbonyl (C=O) groups is 2. The lowest BCUT2D eigenvalue weighted by Crippen LogP contribution is -2.46. The van der Waals surface area contributed by atoms with Gasteiger partial charge in [0.2, 0.25) is 11.8 Å². The molecule has 3 heterocycles. The number of hydrogen-bond donors (Lipinski definition) is 10. The normalized spacial score (nSPS) is 23.4. The highest BCUT2D eigenvalue weighted by Gasteiger charge is 2.50. The molecule has 7 atom stereocenters. The molecule has 2 aromatic heterocycles. The zero-order chi connectivity index (χ0) is 36.1. The van der Waals surface area contributed by atoms with E-state index in [1.54, 1.807) is 0 Å². The highest BCUT2D eigenvalue weighted by Crippen LogP contribution is 2.61. The number of thiol groups is 1. The van der Waals surface area contributed by atoms with Crippen molar-refractivity contribution in [3.05, 3.63) is 12.7 Å². The summed E-state index contributed by atoms with van der Waals surface area (Å²) in [4.78, 5) is 74.6. The maximum Gasteiger partial charge on any atom is 0.481 e. The number of carbonyl (C=O) groups excluding carboxylic acids is 2. The zero-order valence-corrected chi connectivity index (χ0v) is 28.8.